The first-order valence-corrected chi connectivity index (χ1v) is 5.52. The molecule has 15 heavy (non-hydrogen) atoms. The van der Waals surface area contributed by atoms with Crippen molar-refractivity contribution in [3.8, 4) is 0 Å². The van der Waals surface area contributed by atoms with E-state index in [2.05, 4.69) is 5.32 Å². The predicted molar refractivity (Wildman–Crippen MR) is 58.7 cm³/mol. The summed E-state index contributed by atoms with van der Waals surface area (Å²) >= 11 is 0. The molecular weight excluding hydrogens is 194 g/mol. The van der Waals surface area contributed by atoms with E-state index < -0.39 is 0 Å². The number of carbonyl (C=O) groups excluding carboxylic acids is 1. The Labute approximate surface area is 90.9 Å². The maximum atomic E-state index is 11.7. The van der Waals surface area contributed by atoms with Crippen LogP contribution in [0.15, 0.2) is 0 Å². The Hall–Kier alpha value is -0.810. The highest BCUT2D eigenvalue weighted by Crippen LogP contribution is 2.18. The average Bonchev–Trinajstić information content (AvgIpc) is 2.18. The van der Waals surface area contributed by atoms with Gasteiger partial charge in [-0.15, -0.1) is 0 Å². The van der Waals surface area contributed by atoms with Crippen molar-refractivity contribution in [3.05, 3.63) is 0 Å². The fraction of sp³-hybridized carbons (Fsp3) is 0.900. The molecule has 0 atom stereocenters. The van der Waals surface area contributed by atoms with Crippen molar-refractivity contribution in [2.75, 3.05) is 33.4 Å². The number of nitrogens with two attached hydrogens (primary N) is 1. The van der Waals surface area contributed by atoms with Crippen LogP contribution < -0.4 is 11.1 Å². The molecule has 2 amide bonds. The summed E-state index contributed by atoms with van der Waals surface area (Å²) in [6.45, 7) is 2.23. The Morgan fingerprint density at radius 3 is 2.73 bits per heavy atom. The molecule has 0 aliphatic heterocycles. The first-order valence-electron chi connectivity index (χ1n) is 5.52. The van der Waals surface area contributed by atoms with Gasteiger partial charge in [0.15, 0.2) is 0 Å². The van der Waals surface area contributed by atoms with Crippen LogP contribution in [0.2, 0.25) is 0 Å². The van der Waals surface area contributed by atoms with Crippen LogP contribution in [0.4, 0.5) is 4.79 Å². The zero-order valence-corrected chi connectivity index (χ0v) is 9.37. The normalized spacial score (nSPS) is 15.9. The van der Waals surface area contributed by atoms with Crippen molar-refractivity contribution in [3.63, 3.8) is 0 Å². The Morgan fingerprint density at radius 1 is 1.53 bits per heavy atom. The number of amides is 2. The molecule has 0 radical (unpaired) electrons. The third-order valence-electron chi connectivity index (χ3n) is 2.68. The number of nitrogens with zero attached hydrogens (tertiary/aromatic N) is 1. The summed E-state index contributed by atoms with van der Waals surface area (Å²) in [5, 5.41) is 2.99. The molecule has 1 saturated carbocycles. The Kier molecular flexibility index (Phi) is 5.42. The molecule has 0 aromatic carbocycles. The van der Waals surface area contributed by atoms with Crippen LogP contribution in [0.1, 0.15) is 19.3 Å². The SMILES string of the molecule is COCCN(CCN)C(=O)NC1CCC1. The minimum Gasteiger partial charge on any atom is -0.383 e. The maximum absolute atomic E-state index is 11.7. The van der Waals surface area contributed by atoms with Crippen LogP contribution in [-0.2, 0) is 4.74 Å². The summed E-state index contributed by atoms with van der Waals surface area (Å²) in [5.74, 6) is 0. The highest BCUT2D eigenvalue weighted by atomic mass is 16.5. The zero-order valence-electron chi connectivity index (χ0n) is 9.37. The Morgan fingerprint density at radius 2 is 2.27 bits per heavy atom. The van der Waals surface area contributed by atoms with Crippen LogP contribution >= 0.6 is 0 Å². The van der Waals surface area contributed by atoms with Gasteiger partial charge in [-0.05, 0) is 19.3 Å². The minimum atomic E-state index is -0.0119. The maximum Gasteiger partial charge on any atom is 0.317 e. The number of rotatable bonds is 6. The van der Waals surface area contributed by atoms with Gasteiger partial charge in [0.25, 0.3) is 0 Å². The molecule has 0 bridgehead atoms. The van der Waals surface area contributed by atoms with Crippen molar-refractivity contribution in [1.82, 2.24) is 10.2 Å². The van der Waals surface area contributed by atoms with Crippen molar-refractivity contribution in [2.45, 2.75) is 25.3 Å². The van der Waals surface area contributed by atoms with Crippen LogP contribution in [0.3, 0.4) is 0 Å². The number of hydrogen-bond donors (Lipinski definition) is 2. The second-order valence-corrected chi connectivity index (χ2v) is 3.85. The molecule has 3 N–H and O–H groups in total. The van der Waals surface area contributed by atoms with Gasteiger partial charge in [0, 0.05) is 32.8 Å². The summed E-state index contributed by atoms with van der Waals surface area (Å²) in [6, 6.07) is 0.363. The molecule has 0 spiro atoms. The lowest BCUT2D eigenvalue weighted by Gasteiger charge is -2.30. The first-order chi connectivity index (χ1) is 7.27. The number of urea groups is 1. The van der Waals surface area contributed by atoms with Gasteiger partial charge in [0.05, 0.1) is 6.61 Å². The van der Waals surface area contributed by atoms with Gasteiger partial charge >= 0.3 is 6.03 Å². The molecule has 0 unspecified atom stereocenters. The van der Waals surface area contributed by atoms with Gasteiger partial charge in [-0.1, -0.05) is 0 Å². The molecule has 1 aliphatic rings. The van der Waals surface area contributed by atoms with Crippen molar-refractivity contribution in [1.29, 1.82) is 0 Å². The van der Waals surface area contributed by atoms with Crippen molar-refractivity contribution >= 4 is 6.03 Å². The summed E-state index contributed by atoms with van der Waals surface area (Å²) in [6.07, 6.45) is 3.43. The lowest BCUT2D eigenvalue weighted by atomic mass is 9.93. The van der Waals surface area contributed by atoms with Gasteiger partial charge < -0.3 is 20.7 Å². The molecule has 0 heterocycles. The van der Waals surface area contributed by atoms with Crippen LogP contribution in [0, 0.1) is 0 Å². The van der Waals surface area contributed by atoms with Crippen molar-refractivity contribution < 1.29 is 9.53 Å². The fourth-order valence-electron chi connectivity index (χ4n) is 1.49. The van der Waals surface area contributed by atoms with Gasteiger partial charge in [0.1, 0.15) is 0 Å². The van der Waals surface area contributed by atoms with E-state index in [1.165, 1.54) is 6.42 Å². The third-order valence-corrected chi connectivity index (χ3v) is 2.68. The monoisotopic (exact) mass is 215 g/mol. The van der Waals surface area contributed by atoms with E-state index in [9.17, 15) is 4.79 Å². The quantitative estimate of drug-likeness (QED) is 0.663. The Bertz CT molecular complexity index is 195. The van der Waals surface area contributed by atoms with Crippen LogP contribution in [0.25, 0.3) is 0 Å². The highest BCUT2D eigenvalue weighted by Gasteiger charge is 2.21. The molecule has 1 rings (SSSR count). The van der Waals surface area contributed by atoms with E-state index >= 15 is 0 Å². The summed E-state index contributed by atoms with van der Waals surface area (Å²) in [5.41, 5.74) is 5.45. The lowest BCUT2D eigenvalue weighted by Crippen LogP contribution is -2.49. The molecule has 0 aromatic heterocycles. The largest absolute Gasteiger partial charge is 0.383 e. The summed E-state index contributed by atoms with van der Waals surface area (Å²) in [7, 11) is 1.63. The van der Waals surface area contributed by atoms with E-state index in [-0.39, 0.29) is 6.03 Å². The van der Waals surface area contributed by atoms with Crippen LogP contribution in [0.5, 0.6) is 0 Å². The number of hydrogen-bond acceptors (Lipinski definition) is 3. The zero-order chi connectivity index (χ0) is 11.1. The molecular formula is C10H21N3O2. The van der Waals surface area contributed by atoms with E-state index in [1.54, 1.807) is 12.0 Å². The lowest BCUT2D eigenvalue weighted by molar-refractivity contribution is 0.146. The van der Waals surface area contributed by atoms with E-state index in [4.69, 9.17) is 10.5 Å². The number of methoxy groups -OCH3 is 1. The van der Waals surface area contributed by atoms with E-state index in [0.717, 1.165) is 12.8 Å². The molecule has 1 fully saturated rings. The second kappa shape index (κ2) is 6.63. The van der Waals surface area contributed by atoms with Gasteiger partial charge in [0.2, 0.25) is 0 Å². The second-order valence-electron chi connectivity index (χ2n) is 3.85. The molecule has 0 saturated heterocycles. The Balaban J connectivity index is 2.28. The van der Waals surface area contributed by atoms with Gasteiger partial charge in [-0.3, -0.25) is 0 Å². The van der Waals surface area contributed by atoms with Crippen molar-refractivity contribution in [2.24, 2.45) is 5.73 Å². The topological polar surface area (TPSA) is 67.6 Å². The average molecular weight is 215 g/mol. The minimum absolute atomic E-state index is 0.0119. The predicted octanol–water partition coefficient (Wildman–Crippen LogP) is 0.156. The number of carbonyl (C=O) groups is 1. The number of ether oxygens (including phenoxy) is 1. The standard InChI is InChI=1S/C10H21N3O2/c1-15-8-7-13(6-5-11)10(14)12-9-3-2-4-9/h9H,2-8,11H2,1H3,(H,12,14). The first kappa shape index (κ1) is 12.3. The summed E-state index contributed by atoms with van der Waals surface area (Å²) < 4.78 is 4.95. The van der Waals surface area contributed by atoms with E-state index in [1.807, 2.05) is 0 Å². The molecule has 88 valence electrons. The van der Waals surface area contributed by atoms with Gasteiger partial charge in [-0.2, -0.15) is 0 Å². The smallest absolute Gasteiger partial charge is 0.317 e. The van der Waals surface area contributed by atoms with Crippen LogP contribution in [-0.4, -0.2) is 50.3 Å². The highest BCUT2D eigenvalue weighted by molar-refractivity contribution is 5.74. The number of nitrogens with one attached hydrogen (secondary N) is 1. The molecule has 0 aromatic rings. The van der Waals surface area contributed by atoms with Gasteiger partial charge in [-0.25, -0.2) is 4.79 Å². The molecule has 5 heteroatoms. The fourth-order valence-corrected chi connectivity index (χ4v) is 1.49. The third kappa shape index (κ3) is 4.05. The summed E-state index contributed by atoms with van der Waals surface area (Å²) in [4.78, 5) is 13.5. The molecule has 5 nitrogen and oxygen atoms in total. The van der Waals surface area contributed by atoms with E-state index in [0.29, 0.717) is 32.3 Å². The molecule has 1 aliphatic carbocycles.